The maximum atomic E-state index is 13.3. The SMILES string of the molecule is Cc1ccccc1S(=O)(=O)n1cc(I)c2cc(-c3ccc4c(c3)CN(C)CC4)cnc21. The Balaban J connectivity index is 1.61. The van der Waals surface area contributed by atoms with Crippen LogP contribution in [-0.4, -0.2) is 35.9 Å². The first-order valence-corrected chi connectivity index (χ1v) is 12.6. The summed E-state index contributed by atoms with van der Waals surface area (Å²) in [6, 6.07) is 15.7. The first-order valence-electron chi connectivity index (χ1n) is 10.1. The summed E-state index contributed by atoms with van der Waals surface area (Å²) in [4.78, 5) is 7.22. The lowest BCUT2D eigenvalue weighted by Gasteiger charge is -2.25. The van der Waals surface area contributed by atoms with Crippen LogP contribution in [0.2, 0.25) is 0 Å². The van der Waals surface area contributed by atoms with Crippen molar-refractivity contribution in [2.75, 3.05) is 13.6 Å². The van der Waals surface area contributed by atoms with Crippen molar-refractivity contribution in [2.45, 2.75) is 24.8 Å². The summed E-state index contributed by atoms with van der Waals surface area (Å²) in [7, 11) is -1.59. The number of likely N-dealkylation sites (N-methyl/N-ethyl adjacent to an activating group) is 1. The molecule has 0 aliphatic carbocycles. The Morgan fingerprint density at radius 3 is 2.65 bits per heavy atom. The highest BCUT2D eigenvalue weighted by Crippen LogP contribution is 2.31. The smallest absolute Gasteiger partial charge is 0.269 e. The van der Waals surface area contributed by atoms with Crippen LogP contribution in [0.15, 0.2) is 65.8 Å². The third kappa shape index (κ3) is 3.58. The number of fused-ring (bicyclic) bond motifs is 2. The molecule has 1 aliphatic rings. The number of aromatic nitrogens is 2. The molecule has 0 unspecified atom stereocenters. The molecular formula is C24H22IN3O2S. The highest BCUT2D eigenvalue weighted by Gasteiger charge is 2.23. The van der Waals surface area contributed by atoms with Crippen LogP contribution in [0.25, 0.3) is 22.2 Å². The van der Waals surface area contributed by atoms with Crippen LogP contribution in [0.3, 0.4) is 0 Å². The lowest BCUT2D eigenvalue weighted by atomic mass is 9.95. The van der Waals surface area contributed by atoms with E-state index in [0.717, 1.165) is 45.2 Å². The molecule has 0 bridgehead atoms. The van der Waals surface area contributed by atoms with Gasteiger partial charge < -0.3 is 4.90 Å². The minimum Gasteiger partial charge on any atom is -0.302 e. The first-order chi connectivity index (χ1) is 14.8. The first kappa shape index (κ1) is 20.7. The minimum absolute atomic E-state index is 0.299. The molecule has 0 amide bonds. The molecule has 5 nitrogen and oxygen atoms in total. The van der Waals surface area contributed by atoms with Gasteiger partial charge in [-0.25, -0.2) is 17.4 Å². The average molecular weight is 543 g/mol. The van der Waals surface area contributed by atoms with Crippen LogP contribution in [0.1, 0.15) is 16.7 Å². The van der Waals surface area contributed by atoms with Gasteiger partial charge in [0.25, 0.3) is 10.0 Å². The molecule has 31 heavy (non-hydrogen) atoms. The summed E-state index contributed by atoms with van der Waals surface area (Å²) in [5.41, 5.74) is 6.02. The summed E-state index contributed by atoms with van der Waals surface area (Å²) in [5, 5.41) is 0.838. The number of aryl methyl sites for hydroxylation is 1. The van der Waals surface area contributed by atoms with E-state index in [0.29, 0.717) is 10.5 Å². The van der Waals surface area contributed by atoms with Gasteiger partial charge in [0.2, 0.25) is 0 Å². The van der Waals surface area contributed by atoms with E-state index in [-0.39, 0.29) is 0 Å². The van der Waals surface area contributed by atoms with Crippen molar-refractivity contribution < 1.29 is 8.42 Å². The van der Waals surface area contributed by atoms with Crippen LogP contribution in [0.5, 0.6) is 0 Å². The van der Waals surface area contributed by atoms with Gasteiger partial charge in [0.1, 0.15) is 0 Å². The zero-order chi connectivity index (χ0) is 21.8. The molecule has 5 rings (SSSR count). The molecule has 4 aromatic rings. The molecule has 0 radical (unpaired) electrons. The molecule has 0 atom stereocenters. The molecule has 0 fully saturated rings. The zero-order valence-electron chi connectivity index (χ0n) is 17.3. The fraction of sp³-hybridized carbons (Fsp3) is 0.208. The highest BCUT2D eigenvalue weighted by atomic mass is 127. The Bertz CT molecular complexity index is 1430. The standard InChI is InChI=1S/C24H22IN3O2S/c1-16-5-3-4-6-23(16)31(29,30)28-15-22(25)21-12-19(13-26-24(21)28)18-8-7-17-9-10-27(2)14-20(17)11-18/h3-8,11-13,15H,9-10,14H2,1-2H3. The second-order valence-corrected chi connectivity index (χ2v) is 11.1. The van der Waals surface area contributed by atoms with E-state index in [1.165, 1.54) is 15.1 Å². The Morgan fingerprint density at radius 1 is 1.03 bits per heavy atom. The second-order valence-electron chi connectivity index (χ2n) is 8.11. The number of hydrogen-bond donors (Lipinski definition) is 0. The van der Waals surface area contributed by atoms with E-state index in [1.54, 1.807) is 24.5 Å². The van der Waals surface area contributed by atoms with Crippen molar-refractivity contribution in [1.82, 2.24) is 13.9 Å². The molecule has 1 aliphatic heterocycles. The van der Waals surface area contributed by atoms with Crippen LogP contribution in [-0.2, 0) is 23.0 Å². The van der Waals surface area contributed by atoms with Crippen molar-refractivity contribution in [2.24, 2.45) is 0 Å². The molecular weight excluding hydrogens is 521 g/mol. The number of benzene rings is 2. The topological polar surface area (TPSA) is 55.2 Å². The quantitative estimate of drug-likeness (QED) is 0.347. The van der Waals surface area contributed by atoms with Gasteiger partial charge >= 0.3 is 0 Å². The van der Waals surface area contributed by atoms with Crippen LogP contribution in [0.4, 0.5) is 0 Å². The predicted molar refractivity (Wildman–Crippen MR) is 132 cm³/mol. The van der Waals surface area contributed by atoms with E-state index < -0.39 is 10.0 Å². The van der Waals surface area contributed by atoms with Gasteiger partial charge in [0.15, 0.2) is 5.65 Å². The van der Waals surface area contributed by atoms with Crippen molar-refractivity contribution in [3.63, 3.8) is 0 Å². The lowest BCUT2D eigenvalue weighted by Crippen LogP contribution is -2.26. The molecule has 7 heteroatoms. The summed E-state index contributed by atoms with van der Waals surface area (Å²) >= 11 is 2.19. The monoisotopic (exact) mass is 543 g/mol. The van der Waals surface area contributed by atoms with Crippen LogP contribution < -0.4 is 0 Å². The van der Waals surface area contributed by atoms with Gasteiger partial charge in [-0.15, -0.1) is 0 Å². The van der Waals surface area contributed by atoms with Gasteiger partial charge in [-0.2, -0.15) is 0 Å². The van der Waals surface area contributed by atoms with Crippen LogP contribution >= 0.6 is 22.6 Å². The molecule has 0 spiro atoms. The summed E-state index contributed by atoms with van der Waals surface area (Å²) in [5.74, 6) is 0. The fourth-order valence-corrected chi connectivity index (χ4v) is 6.63. The van der Waals surface area contributed by atoms with Gasteiger partial charge in [0.05, 0.1) is 4.90 Å². The Kier molecular flexibility index (Phi) is 5.15. The van der Waals surface area contributed by atoms with E-state index in [9.17, 15) is 8.42 Å². The van der Waals surface area contributed by atoms with Crippen molar-refractivity contribution in [3.8, 4) is 11.1 Å². The minimum atomic E-state index is -3.73. The molecule has 0 N–H and O–H groups in total. The lowest BCUT2D eigenvalue weighted by molar-refractivity contribution is 0.313. The van der Waals surface area contributed by atoms with E-state index in [1.807, 2.05) is 25.1 Å². The molecule has 2 aromatic heterocycles. The summed E-state index contributed by atoms with van der Waals surface area (Å²) in [6.45, 7) is 3.84. The predicted octanol–water partition coefficient (Wildman–Crippen LogP) is 4.84. The number of pyridine rings is 1. The van der Waals surface area contributed by atoms with Gasteiger partial charge in [-0.1, -0.05) is 30.3 Å². The van der Waals surface area contributed by atoms with Crippen molar-refractivity contribution in [1.29, 1.82) is 0 Å². The van der Waals surface area contributed by atoms with Gasteiger partial charge in [-0.3, -0.25) is 0 Å². The van der Waals surface area contributed by atoms with E-state index >= 15 is 0 Å². The van der Waals surface area contributed by atoms with Gasteiger partial charge in [0, 0.05) is 40.0 Å². The number of nitrogens with zero attached hydrogens (tertiary/aromatic N) is 3. The Labute approximate surface area is 195 Å². The maximum absolute atomic E-state index is 13.3. The summed E-state index contributed by atoms with van der Waals surface area (Å²) < 4.78 is 28.8. The molecule has 0 saturated carbocycles. The third-order valence-electron chi connectivity index (χ3n) is 5.94. The normalized spacial score (nSPS) is 14.7. The Morgan fingerprint density at radius 2 is 1.84 bits per heavy atom. The number of hydrogen-bond acceptors (Lipinski definition) is 4. The number of halogens is 1. The van der Waals surface area contributed by atoms with Gasteiger partial charge in [-0.05, 0) is 83.4 Å². The van der Waals surface area contributed by atoms with Crippen LogP contribution in [0, 0.1) is 10.5 Å². The molecule has 3 heterocycles. The average Bonchev–Trinajstić information content (AvgIpc) is 3.10. The molecule has 158 valence electrons. The van der Waals surface area contributed by atoms with Crippen molar-refractivity contribution in [3.05, 3.63) is 81.2 Å². The zero-order valence-corrected chi connectivity index (χ0v) is 20.3. The Hall–Kier alpha value is -2.23. The van der Waals surface area contributed by atoms with E-state index in [2.05, 4.69) is 57.7 Å². The number of rotatable bonds is 3. The highest BCUT2D eigenvalue weighted by molar-refractivity contribution is 14.1. The summed E-state index contributed by atoms with van der Waals surface area (Å²) in [6.07, 6.45) is 4.50. The van der Waals surface area contributed by atoms with Crippen molar-refractivity contribution >= 4 is 43.6 Å². The molecule has 0 saturated heterocycles. The molecule has 2 aromatic carbocycles. The largest absolute Gasteiger partial charge is 0.302 e. The van der Waals surface area contributed by atoms with E-state index in [4.69, 9.17) is 0 Å². The second kappa shape index (κ2) is 7.72. The third-order valence-corrected chi connectivity index (χ3v) is 8.61. The fourth-order valence-electron chi connectivity index (χ4n) is 4.21. The maximum Gasteiger partial charge on any atom is 0.269 e.